The molecule has 3 aromatic carbocycles. The van der Waals surface area contributed by atoms with Crippen LogP contribution < -0.4 is 10.1 Å². The number of nitrogens with zero attached hydrogens (tertiary/aromatic N) is 2. The first kappa shape index (κ1) is 17.8. The minimum absolute atomic E-state index is 0.197. The number of hydrogen-bond donors (Lipinski definition) is 1. The molecule has 0 atom stereocenters. The normalized spacial score (nSPS) is 10.8. The second kappa shape index (κ2) is 7.19. The maximum Gasteiger partial charge on any atom is 0.255 e. The molecule has 0 aliphatic heterocycles. The number of aryl methyl sites for hydroxylation is 2. The van der Waals surface area contributed by atoms with Gasteiger partial charge in [-0.1, -0.05) is 24.3 Å². The molecule has 28 heavy (non-hydrogen) atoms. The zero-order valence-electron chi connectivity index (χ0n) is 16.1. The molecule has 5 heteroatoms. The number of ether oxygens (including phenoxy) is 1. The van der Waals surface area contributed by atoms with E-state index in [9.17, 15) is 4.79 Å². The summed E-state index contributed by atoms with van der Waals surface area (Å²) in [4.78, 5) is 17.4. The summed E-state index contributed by atoms with van der Waals surface area (Å²) < 4.78 is 7.43. The van der Waals surface area contributed by atoms with E-state index < -0.39 is 0 Å². The minimum Gasteiger partial charge on any atom is -0.495 e. The van der Waals surface area contributed by atoms with Crippen molar-refractivity contribution in [2.24, 2.45) is 0 Å². The van der Waals surface area contributed by atoms with Crippen LogP contribution in [0.15, 0.2) is 66.7 Å². The van der Waals surface area contributed by atoms with Crippen LogP contribution in [-0.4, -0.2) is 22.6 Å². The van der Waals surface area contributed by atoms with Gasteiger partial charge < -0.3 is 10.1 Å². The first-order valence-corrected chi connectivity index (χ1v) is 9.07. The van der Waals surface area contributed by atoms with Crippen LogP contribution in [-0.2, 0) is 0 Å². The van der Waals surface area contributed by atoms with Crippen LogP contribution in [0, 0.1) is 13.8 Å². The van der Waals surface area contributed by atoms with Crippen LogP contribution in [0.25, 0.3) is 16.7 Å². The Hall–Kier alpha value is -3.60. The Morgan fingerprint density at radius 1 is 1.00 bits per heavy atom. The Labute approximate surface area is 163 Å². The molecule has 1 aromatic heterocycles. The lowest BCUT2D eigenvalue weighted by atomic mass is 10.1. The van der Waals surface area contributed by atoms with Crippen LogP contribution in [0.1, 0.15) is 21.7 Å². The quantitative estimate of drug-likeness (QED) is 0.555. The zero-order valence-corrected chi connectivity index (χ0v) is 16.1. The SMILES string of the molecule is COc1ccc(C)cc1NC(=O)c1ccc2c(c1)nc(C)n2-c1ccccc1. The van der Waals surface area contributed by atoms with Gasteiger partial charge in [-0.2, -0.15) is 0 Å². The molecule has 140 valence electrons. The lowest BCUT2D eigenvalue weighted by molar-refractivity contribution is 0.102. The Balaban J connectivity index is 1.69. The smallest absolute Gasteiger partial charge is 0.255 e. The second-order valence-electron chi connectivity index (χ2n) is 6.69. The molecule has 0 aliphatic carbocycles. The third-order valence-corrected chi connectivity index (χ3v) is 4.70. The Bertz CT molecular complexity index is 1160. The number of hydrogen-bond acceptors (Lipinski definition) is 3. The van der Waals surface area contributed by atoms with Gasteiger partial charge in [0.25, 0.3) is 5.91 Å². The molecular formula is C23H21N3O2. The summed E-state index contributed by atoms with van der Waals surface area (Å²) in [5.41, 5.74) is 5.04. The maximum absolute atomic E-state index is 12.8. The van der Waals surface area contributed by atoms with Crippen molar-refractivity contribution >= 4 is 22.6 Å². The number of imidazole rings is 1. The predicted molar refractivity (Wildman–Crippen MR) is 111 cm³/mol. The van der Waals surface area contributed by atoms with Gasteiger partial charge in [0.15, 0.2) is 0 Å². The molecule has 1 N–H and O–H groups in total. The van der Waals surface area contributed by atoms with Gasteiger partial charge >= 0.3 is 0 Å². The maximum atomic E-state index is 12.8. The number of fused-ring (bicyclic) bond motifs is 1. The van der Waals surface area contributed by atoms with Crippen molar-refractivity contribution in [1.29, 1.82) is 0 Å². The van der Waals surface area contributed by atoms with Gasteiger partial charge in [-0.3, -0.25) is 9.36 Å². The van der Waals surface area contributed by atoms with E-state index >= 15 is 0 Å². The third-order valence-electron chi connectivity index (χ3n) is 4.70. The molecule has 4 aromatic rings. The molecule has 0 radical (unpaired) electrons. The fourth-order valence-corrected chi connectivity index (χ4v) is 3.36. The van der Waals surface area contributed by atoms with Gasteiger partial charge in [0.1, 0.15) is 11.6 Å². The molecule has 1 heterocycles. The largest absolute Gasteiger partial charge is 0.495 e. The molecule has 5 nitrogen and oxygen atoms in total. The molecular weight excluding hydrogens is 350 g/mol. The number of para-hydroxylation sites is 1. The van der Waals surface area contributed by atoms with Gasteiger partial charge in [-0.15, -0.1) is 0 Å². The predicted octanol–water partition coefficient (Wildman–Crippen LogP) is 4.90. The van der Waals surface area contributed by atoms with Crippen molar-refractivity contribution in [2.75, 3.05) is 12.4 Å². The molecule has 1 amide bonds. The average Bonchev–Trinajstić information content (AvgIpc) is 3.03. The molecule has 0 spiro atoms. The number of carbonyl (C=O) groups excluding carboxylic acids is 1. The second-order valence-corrected chi connectivity index (χ2v) is 6.69. The summed E-state index contributed by atoms with van der Waals surface area (Å²) in [5, 5.41) is 2.94. The fraction of sp³-hybridized carbons (Fsp3) is 0.130. The molecule has 0 saturated carbocycles. The molecule has 0 unspecified atom stereocenters. The van der Waals surface area contributed by atoms with Crippen molar-refractivity contribution in [2.45, 2.75) is 13.8 Å². The van der Waals surface area contributed by atoms with E-state index in [0.717, 1.165) is 28.1 Å². The Kier molecular flexibility index (Phi) is 4.57. The first-order valence-electron chi connectivity index (χ1n) is 9.07. The number of nitrogens with one attached hydrogen (secondary N) is 1. The molecule has 0 fully saturated rings. The van der Waals surface area contributed by atoms with Crippen molar-refractivity contribution in [1.82, 2.24) is 9.55 Å². The number of amides is 1. The first-order chi connectivity index (χ1) is 13.6. The topological polar surface area (TPSA) is 56.1 Å². The van der Waals surface area contributed by atoms with E-state index in [2.05, 4.69) is 14.9 Å². The van der Waals surface area contributed by atoms with Gasteiger partial charge in [-0.05, 0) is 61.9 Å². The van der Waals surface area contributed by atoms with Gasteiger partial charge in [0.05, 0.1) is 23.8 Å². The van der Waals surface area contributed by atoms with Crippen LogP contribution >= 0.6 is 0 Å². The summed E-state index contributed by atoms with van der Waals surface area (Å²) in [7, 11) is 1.59. The molecule has 0 aliphatic rings. The number of rotatable bonds is 4. The summed E-state index contributed by atoms with van der Waals surface area (Å²) >= 11 is 0. The highest BCUT2D eigenvalue weighted by Gasteiger charge is 2.14. The highest BCUT2D eigenvalue weighted by molar-refractivity contribution is 6.06. The minimum atomic E-state index is -0.197. The average molecular weight is 371 g/mol. The van der Waals surface area contributed by atoms with Crippen LogP contribution in [0.4, 0.5) is 5.69 Å². The van der Waals surface area contributed by atoms with E-state index in [-0.39, 0.29) is 5.91 Å². The number of benzene rings is 3. The summed E-state index contributed by atoms with van der Waals surface area (Å²) in [6.45, 7) is 3.94. The van der Waals surface area contributed by atoms with Gasteiger partial charge in [0.2, 0.25) is 0 Å². The highest BCUT2D eigenvalue weighted by atomic mass is 16.5. The monoisotopic (exact) mass is 371 g/mol. The van der Waals surface area contributed by atoms with Crippen LogP contribution in [0.5, 0.6) is 5.75 Å². The van der Waals surface area contributed by atoms with Crippen molar-refractivity contribution in [3.8, 4) is 11.4 Å². The van der Waals surface area contributed by atoms with E-state index in [0.29, 0.717) is 17.0 Å². The molecule has 0 saturated heterocycles. The van der Waals surface area contributed by atoms with Crippen molar-refractivity contribution < 1.29 is 9.53 Å². The van der Waals surface area contributed by atoms with E-state index in [1.807, 2.05) is 80.6 Å². The zero-order chi connectivity index (χ0) is 19.7. The third kappa shape index (κ3) is 3.22. The standard InChI is InChI=1S/C23H21N3O2/c1-15-9-12-22(28-3)20(13-15)25-23(27)17-10-11-21-19(14-17)24-16(2)26(21)18-7-5-4-6-8-18/h4-14H,1-3H3,(H,25,27). The lowest BCUT2D eigenvalue weighted by Gasteiger charge is -2.11. The number of carbonyl (C=O) groups is 1. The van der Waals surface area contributed by atoms with Gasteiger partial charge in [-0.25, -0.2) is 4.98 Å². The van der Waals surface area contributed by atoms with Crippen LogP contribution in [0.2, 0.25) is 0 Å². The molecule has 0 bridgehead atoms. The van der Waals surface area contributed by atoms with Gasteiger partial charge in [0, 0.05) is 11.3 Å². The Morgan fingerprint density at radius 3 is 2.54 bits per heavy atom. The molecule has 4 rings (SSSR count). The lowest BCUT2D eigenvalue weighted by Crippen LogP contribution is -2.12. The summed E-state index contributed by atoms with van der Waals surface area (Å²) in [6, 6.07) is 21.3. The van der Waals surface area contributed by atoms with E-state index in [1.54, 1.807) is 7.11 Å². The summed E-state index contributed by atoms with van der Waals surface area (Å²) in [6.07, 6.45) is 0. The van der Waals surface area contributed by atoms with Crippen molar-refractivity contribution in [3.63, 3.8) is 0 Å². The number of aromatic nitrogens is 2. The Morgan fingerprint density at radius 2 is 1.79 bits per heavy atom. The van der Waals surface area contributed by atoms with Crippen molar-refractivity contribution in [3.05, 3.63) is 83.7 Å². The fourth-order valence-electron chi connectivity index (χ4n) is 3.36. The van der Waals surface area contributed by atoms with E-state index in [1.165, 1.54) is 0 Å². The number of anilines is 1. The highest BCUT2D eigenvalue weighted by Crippen LogP contribution is 2.27. The number of methoxy groups -OCH3 is 1. The van der Waals surface area contributed by atoms with E-state index in [4.69, 9.17) is 4.74 Å². The van der Waals surface area contributed by atoms with Crippen LogP contribution in [0.3, 0.4) is 0 Å². The summed E-state index contributed by atoms with van der Waals surface area (Å²) in [5.74, 6) is 1.31.